The van der Waals surface area contributed by atoms with Crippen molar-refractivity contribution in [2.75, 3.05) is 13.2 Å². The first-order valence-electron chi connectivity index (χ1n) is 9.36. The van der Waals surface area contributed by atoms with E-state index in [1.54, 1.807) is 25.1 Å². The lowest BCUT2D eigenvalue weighted by Crippen LogP contribution is -2.53. The number of halogens is 1. The fourth-order valence-electron chi connectivity index (χ4n) is 3.61. The third kappa shape index (κ3) is 4.59. The van der Waals surface area contributed by atoms with Gasteiger partial charge in [-0.1, -0.05) is 47.7 Å². The summed E-state index contributed by atoms with van der Waals surface area (Å²) < 4.78 is 0.391. The summed E-state index contributed by atoms with van der Waals surface area (Å²) in [6.07, 6.45) is 5.20. The molecule has 0 aliphatic carbocycles. The molecule has 1 aromatic carbocycles. The average molecular weight is 439 g/mol. The van der Waals surface area contributed by atoms with Gasteiger partial charge in [0, 0.05) is 24.2 Å². The first-order valence-corrected chi connectivity index (χ1v) is 11.0. The molecule has 0 spiro atoms. The first-order chi connectivity index (χ1) is 13.4. The maximum atomic E-state index is 13.1. The van der Waals surface area contributed by atoms with Gasteiger partial charge in [0.1, 0.15) is 10.4 Å². The normalized spacial score (nSPS) is 22.8. The molecule has 150 valence electrons. The van der Waals surface area contributed by atoms with Crippen molar-refractivity contribution < 1.29 is 14.7 Å². The van der Waals surface area contributed by atoms with Crippen molar-refractivity contribution in [2.45, 2.75) is 44.7 Å². The molecule has 2 aliphatic rings. The summed E-state index contributed by atoms with van der Waals surface area (Å²) in [6.45, 7) is 2.43. The SMILES string of the molecule is C[C@@H](C(=O)N1CCCC[C@H]1CCO)N1C(=O)/C(=C/c2ccc(Cl)cc2)SC1=S. The Balaban J connectivity index is 1.76. The van der Waals surface area contributed by atoms with Gasteiger partial charge in [0.05, 0.1) is 4.91 Å². The molecule has 2 aliphatic heterocycles. The minimum absolute atomic E-state index is 0.0247. The number of likely N-dealkylation sites (tertiary alicyclic amines) is 1. The lowest BCUT2D eigenvalue weighted by Gasteiger charge is -2.38. The van der Waals surface area contributed by atoms with Crippen LogP contribution in [0.3, 0.4) is 0 Å². The number of thioether (sulfide) groups is 1. The minimum atomic E-state index is -0.664. The number of carbonyl (C=O) groups is 2. The molecule has 0 radical (unpaired) electrons. The summed E-state index contributed by atoms with van der Waals surface area (Å²) in [7, 11) is 0. The van der Waals surface area contributed by atoms with Crippen LogP contribution in [-0.4, -0.2) is 56.3 Å². The minimum Gasteiger partial charge on any atom is -0.396 e. The van der Waals surface area contributed by atoms with Crippen LogP contribution in [0.5, 0.6) is 0 Å². The summed E-state index contributed by atoms with van der Waals surface area (Å²) in [5.41, 5.74) is 0.850. The number of thiocarbonyl (C=S) groups is 1. The third-order valence-electron chi connectivity index (χ3n) is 5.11. The van der Waals surface area contributed by atoms with Crippen LogP contribution >= 0.6 is 35.6 Å². The molecule has 1 aromatic rings. The topological polar surface area (TPSA) is 60.9 Å². The Bertz CT molecular complexity index is 795. The van der Waals surface area contributed by atoms with Crippen molar-refractivity contribution >= 4 is 57.8 Å². The predicted octanol–water partition coefficient (Wildman–Crippen LogP) is 3.69. The van der Waals surface area contributed by atoms with Crippen LogP contribution in [0.25, 0.3) is 6.08 Å². The van der Waals surface area contributed by atoms with Crippen molar-refractivity contribution in [1.82, 2.24) is 9.80 Å². The molecule has 0 saturated carbocycles. The molecule has 0 bridgehead atoms. The summed E-state index contributed by atoms with van der Waals surface area (Å²) in [6, 6.07) is 6.54. The fraction of sp³-hybridized carbons (Fsp3) is 0.450. The lowest BCUT2D eigenvalue weighted by molar-refractivity contribution is -0.142. The molecular formula is C20H23ClN2O3S2. The fourth-order valence-corrected chi connectivity index (χ4v) is 5.16. The van der Waals surface area contributed by atoms with Crippen LogP contribution in [0.2, 0.25) is 5.02 Å². The maximum Gasteiger partial charge on any atom is 0.266 e. The molecule has 0 unspecified atom stereocenters. The van der Waals surface area contributed by atoms with Gasteiger partial charge in [0.2, 0.25) is 5.91 Å². The summed E-state index contributed by atoms with van der Waals surface area (Å²) in [5.74, 6) is -0.358. The molecule has 5 nitrogen and oxygen atoms in total. The zero-order valence-electron chi connectivity index (χ0n) is 15.6. The number of benzene rings is 1. The molecule has 3 rings (SSSR count). The Hall–Kier alpha value is -1.41. The number of hydrogen-bond acceptors (Lipinski definition) is 5. The van der Waals surface area contributed by atoms with Gasteiger partial charge in [0.15, 0.2) is 0 Å². The molecule has 0 aromatic heterocycles. The van der Waals surface area contributed by atoms with E-state index < -0.39 is 6.04 Å². The number of nitrogens with zero attached hydrogens (tertiary/aromatic N) is 2. The van der Waals surface area contributed by atoms with Gasteiger partial charge in [-0.25, -0.2) is 0 Å². The molecule has 2 heterocycles. The van der Waals surface area contributed by atoms with Crippen LogP contribution < -0.4 is 0 Å². The van der Waals surface area contributed by atoms with Crippen LogP contribution in [0, 0.1) is 0 Å². The predicted molar refractivity (Wildman–Crippen MR) is 117 cm³/mol. The molecular weight excluding hydrogens is 416 g/mol. The smallest absolute Gasteiger partial charge is 0.266 e. The van der Waals surface area contributed by atoms with Gasteiger partial charge >= 0.3 is 0 Å². The summed E-state index contributed by atoms with van der Waals surface area (Å²) >= 11 is 12.5. The second-order valence-electron chi connectivity index (χ2n) is 6.97. The number of aliphatic hydroxyl groups excluding tert-OH is 1. The highest BCUT2D eigenvalue weighted by Crippen LogP contribution is 2.35. The number of rotatable bonds is 5. The molecule has 2 saturated heterocycles. The van der Waals surface area contributed by atoms with Gasteiger partial charge < -0.3 is 10.0 Å². The van der Waals surface area contributed by atoms with Crippen molar-refractivity contribution in [1.29, 1.82) is 0 Å². The molecule has 1 N–H and O–H groups in total. The highest BCUT2D eigenvalue weighted by Gasteiger charge is 2.40. The monoisotopic (exact) mass is 438 g/mol. The van der Waals surface area contributed by atoms with E-state index in [9.17, 15) is 14.7 Å². The van der Waals surface area contributed by atoms with Gasteiger partial charge in [0.25, 0.3) is 5.91 Å². The van der Waals surface area contributed by atoms with E-state index in [4.69, 9.17) is 23.8 Å². The number of aliphatic hydroxyl groups is 1. The van der Waals surface area contributed by atoms with E-state index in [-0.39, 0.29) is 24.5 Å². The first kappa shape index (κ1) is 21.3. The maximum absolute atomic E-state index is 13.1. The lowest BCUT2D eigenvalue weighted by atomic mass is 9.98. The van der Waals surface area contributed by atoms with Gasteiger partial charge in [-0.05, 0) is 56.4 Å². The van der Waals surface area contributed by atoms with E-state index in [1.165, 1.54) is 16.7 Å². The van der Waals surface area contributed by atoms with Crippen molar-refractivity contribution in [3.05, 3.63) is 39.8 Å². The quantitative estimate of drug-likeness (QED) is 0.561. The van der Waals surface area contributed by atoms with Crippen LogP contribution in [0.4, 0.5) is 0 Å². The second-order valence-corrected chi connectivity index (χ2v) is 9.08. The van der Waals surface area contributed by atoms with E-state index in [1.807, 2.05) is 17.0 Å². The van der Waals surface area contributed by atoms with Crippen molar-refractivity contribution in [3.8, 4) is 0 Å². The van der Waals surface area contributed by atoms with Crippen LogP contribution in [-0.2, 0) is 9.59 Å². The zero-order valence-corrected chi connectivity index (χ0v) is 18.0. The van der Waals surface area contributed by atoms with Crippen LogP contribution in [0.15, 0.2) is 29.2 Å². The van der Waals surface area contributed by atoms with Gasteiger partial charge in [-0.3, -0.25) is 14.5 Å². The Morgan fingerprint density at radius 3 is 2.79 bits per heavy atom. The Labute approximate surface area is 179 Å². The summed E-state index contributed by atoms with van der Waals surface area (Å²) in [5, 5.41) is 9.93. The van der Waals surface area contributed by atoms with E-state index in [0.29, 0.717) is 27.2 Å². The Kier molecular flexibility index (Phi) is 7.15. The van der Waals surface area contributed by atoms with Gasteiger partial charge in [-0.15, -0.1) is 0 Å². The highest BCUT2D eigenvalue weighted by molar-refractivity contribution is 8.26. The Morgan fingerprint density at radius 1 is 1.39 bits per heavy atom. The highest BCUT2D eigenvalue weighted by atomic mass is 35.5. The van der Waals surface area contributed by atoms with E-state index in [0.717, 1.165) is 24.8 Å². The standard InChI is InChI=1S/C20H23ClN2O3S2/c1-13(18(25)22-10-3-2-4-16(22)9-11-24)23-19(26)17(28-20(23)27)12-14-5-7-15(21)8-6-14/h5-8,12-13,16,24H,2-4,9-11H2,1H3/b17-12-/t13-,16-/m0/s1. The van der Waals surface area contributed by atoms with E-state index in [2.05, 4.69) is 0 Å². The number of amides is 2. The van der Waals surface area contributed by atoms with E-state index >= 15 is 0 Å². The molecule has 28 heavy (non-hydrogen) atoms. The third-order valence-corrected chi connectivity index (χ3v) is 6.69. The zero-order chi connectivity index (χ0) is 20.3. The van der Waals surface area contributed by atoms with Gasteiger partial charge in [-0.2, -0.15) is 0 Å². The summed E-state index contributed by atoms with van der Waals surface area (Å²) in [4.78, 5) is 29.8. The van der Waals surface area contributed by atoms with Crippen molar-refractivity contribution in [3.63, 3.8) is 0 Å². The average Bonchev–Trinajstić information content (AvgIpc) is 2.96. The molecule has 8 heteroatoms. The number of carbonyl (C=O) groups excluding carboxylic acids is 2. The van der Waals surface area contributed by atoms with Crippen LogP contribution in [0.1, 0.15) is 38.2 Å². The van der Waals surface area contributed by atoms with Crippen molar-refractivity contribution in [2.24, 2.45) is 0 Å². The molecule has 2 fully saturated rings. The Morgan fingerprint density at radius 2 is 2.11 bits per heavy atom. The number of hydrogen-bond donors (Lipinski definition) is 1. The second kappa shape index (κ2) is 9.39. The largest absolute Gasteiger partial charge is 0.396 e. The molecule has 2 atom stereocenters. The number of piperidine rings is 1. The molecule has 2 amide bonds.